The zero-order valence-electron chi connectivity index (χ0n) is 27.4. The Balaban J connectivity index is 1.34. The summed E-state index contributed by atoms with van der Waals surface area (Å²) in [6, 6.07) is 23.0. The molecule has 0 radical (unpaired) electrons. The Morgan fingerprint density at radius 1 is 0.915 bits per heavy atom. The Hall–Kier alpha value is -4.77. The Bertz CT molecular complexity index is 1580. The first-order valence-corrected chi connectivity index (χ1v) is 16.5. The number of carbonyl (C=O) groups is 3. The number of rotatable bonds is 13. The van der Waals surface area contributed by atoms with Crippen LogP contribution in [0.3, 0.4) is 0 Å². The van der Waals surface area contributed by atoms with Crippen molar-refractivity contribution in [1.29, 1.82) is 0 Å². The minimum absolute atomic E-state index is 0.0454. The topological polar surface area (TPSA) is 128 Å². The fourth-order valence-electron chi connectivity index (χ4n) is 6.28. The van der Waals surface area contributed by atoms with Gasteiger partial charge in [-0.2, -0.15) is 5.11 Å². The third kappa shape index (κ3) is 7.79. The summed E-state index contributed by atoms with van der Waals surface area (Å²) in [5.41, 5.74) is 5.48. The number of para-hydroxylation sites is 2. The molecule has 0 fully saturated rings. The third-order valence-electron chi connectivity index (χ3n) is 8.83. The molecule has 3 amide bonds. The number of unbranched alkanes of at least 4 members (excludes halogenated alkanes) is 2. The van der Waals surface area contributed by atoms with Crippen molar-refractivity contribution < 1.29 is 19.1 Å². The maximum absolute atomic E-state index is 13.6. The van der Waals surface area contributed by atoms with Gasteiger partial charge in [0.2, 0.25) is 11.8 Å². The van der Waals surface area contributed by atoms with Crippen molar-refractivity contribution in [3.8, 4) is 0 Å². The largest absolute Gasteiger partial charge is 0.445 e. The zero-order valence-corrected chi connectivity index (χ0v) is 27.4. The molecule has 2 heterocycles. The van der Waals surface area contributed by atoms with Gasteiger partial charge in [-0.1, -0.05) is 79.2 Å². The fraction of sp³-hybridized carbons (Fsp3) is 0.417. The van der Waals surface area contributed by atoms with Crippen LogP contribution in [-0.4, -0.2) is 44.6 Å². The SMILES string of the molecule is CCCCC(=O)N1Cc2ccccc2C2N=NN(c3ccccc3COC(=O)NCCCC[C@H](NC)C(=O)NC)C2c2ccccc21. The number of alkyl carbamates (subject to hydrolysis) is 1. The van der Waals surface area contributed by atoms with E-state index in [2.05, 4.69) is 41.1 Å². The first-order valence-electron chi connectivity index (χ1n) is 16.5. The van der Waals surface area contributed by atoms with Gasteiger partial charge in [-0.3, -0.25) is 9.59 Å². The average Bonchev–Trinajstić information content (AvgIpc) is 3.53. The van der Waals surface area contributed by atoms with Crippen LogP contribution < -0.4 is 25.9 Å². The molecule has 5 rings (SSSR count). The lowest BCUT2D eigenvalue weighted by Gasteiger charge is -2.35. The van der Waals surface area contributed by atoms with Gasteiger partial charge >= 0.3 is 6.09 Å². The van der Waals surface area contributed by atoms with Crippen molar-refractivity contribution in [2.24, 2.45) is 10.3 Å². The molecule has 11 heteroatoms. The lowest BCUT2D eigenvalue weighted by molar-refractivity contribution is -0.122. The molecule has 248 valence electrons. The first-order chi connectivity index (χ1) is 23.0. The van der Waals surface area contributed by atoms with Crippen LogP contribution in [0, 0.1) is 0 Å². The maximum Gasteiger partial charge on any atom is 0.407 e. The molecule has 3 aromatic rings. The summed E-state index contributed by atoms with van der Waals surface area (Å²) in [6.07, 6.45) is 3.91. The lowest BCUT2D eigenvalue weighted by atomic mass is 9.87. The van der Waals surface area contributed by atoms with Crippen LogP contribution in [0.4, 0.5) is 16.2 Å². The number of anilines is 2. The molecule has 0 bridgehead atoms. The van der Waals surface area contributed by atoms with Gasteiger partial charge < -0.3 is 25.6 Å². The zero-order chi connectivity index (χ0) is 33.2. The normalized spacial score (nSPS) is 17.1. The average molecular weight is 640 g/mol. The van der Waals surface area contributed by atoms with E-state index >= 15 is 0 Å². The number of fused-ring (bicyclic) bond motifs is 5. The molecule has 0 spiro atoms. The standard InChI is InChI=1S/C36H45N7O4/c1-4-5-21-32(44)42-23-25-14-6-8-16-27(25)33-34(28-17-9-11-20-31(28)42)43(41-40-33)30-19-10-7-15-26(30)24-47-36(46)39-22-13-12-18-29(37-2)35(45)38-3/h6-11,14-17,19-20,29,33-34,37H,4-5,12-13,18,21-24H2,1-3H3,(H,38,45)(H,39,46)/t29-,33?,34?/m0/s1. The highest BCUT2D eigenvalue weighted by Gasteiger charge is 2.41. The van der Waals surface area contributed by atoms with Crippen LogP contribution in [0.2, 0.25) is 0 Å². The molecule has 2 aliphatic heterocycles. The van der Waals surface area contributed by atoms with Crippen molar-refractivity contribution in [3.63, 3.8) is 0 Å². The van der Waals surface area contributed by atoms with Gasteiger partial charge in [0.1, 0.15) is 18.7 Å². The third-order valence-corrected chi connectivity index (χ3v) is 8.83. The molecule has 2 unspecified atom stereocenters. The van der Waals surface area contributed by atoms with Crippen LogP contribution in [0.15, 0.2) is 83.1 Å². The van der Waals surface area contributed by atoms with Gasteiger partial charge in [0.25, 0.3) is 0 Å². The fourth-order valence-corrected chi connectivity index (χ4v) is 6.28. The molecule has 0 saturated carbocycles. The van der Waals surface area contributed by atoms with Gasteiger partial charge in [-0.15, -0.1) is 0 Å². The molecule has 0 aliphatic carbocycles. The van der Waals surface area contributed by atoms with Crippen LogP contribution in [0.1, 0.15) is 79.8 Å². The predicted molar refractivity (Wildman–Crippen MR) is 182 cm³/mol. The molecule has 0 aromatic heterocycles. The number of carbonyl (C=O) groups excluding carboxylic acids is 3. The highest BCUT2D eigenvalue weighted by atomic mass is 16.5. The molecular weight excluding hydrogens is 594 g/mol. The highest BCUT2D eigenvalue weighted by Crippen LogP contribution is 2.50. The maximum atomic E-state index is 13.6. The van der Waals surface area contributed by atoms with E-state index in [-0.39, 0.29) is 36.5 Å². The minimum atomic E-state index is -0.511. The highest BCUT2D eigenvalue weighted by molar-refractivity contribution is 5.94. The van der Waals surface area contributed by atoms with Crippen molar-refractivity contribution in [2.45, 2.75) is 76.7 Å². The van der Waals surface area contributed by atoms with E-state index in [9.17, 15) is 14.4 Å². The van der Waals surface area contributed by atoms with E-state index in [1.165, 1.54) is 0 Å². The van der Waals surface area contributed by atoms with Gasteiger partial charge in [-0.05, 0) is 56.0 Å². The van der Waals surface area contributed by atoms with E-state index in [0.29, 0.717) is 25.9 Å². The molecule has 2 aliphatic rings. The van der Waals surface area contributed by atoms with Gasteiger partial charge in [-0.25, -0.2) is 9.80 Å². The predicted octanol–water partition coefficient (Wildman–Crippen LogP) is 6.12. The number of nitrogens with zero attached hydrogens (tertiary/aromatic N) is 4. The van der Waals surface area contributed by atoms with E-state index in [0.717, 1.165) is 59.3 Å². The van der Waals surface area contributed by atoms with Crippen LogP contribution in [-0.2, 0) is 27.5 Å². The molecule has 0 saturated heterocycles. The number of hydrogen-bond acceptors (Lipinski definition) is 8. The van der Waals surface area contributed by atoms with Crippen LogP contribution in [0.5, 0.6) is 0 Å². The molecule has 11 nitrogen and oxygen atoms in total. The Kier molecular flexibility index (Phi) is 11.6. The lowest BCUT2D eigenvalue weighted by Crippen LogP contribution is -2.41. The quantitative estimate of drug-likeness (QED) is 0.193. The summed E-state index contributed by atoms with van der Waals surface area (Å²) in [7, 11) is 3.38. The van der Waals surface area contributed by atoms with Gasteiger partial charge in [0.15, 0.2) is 0 Å². The van der Waals surface area contributed by atoms with Gasteiger partial charge in [0, 0.05) is 36.8 Å². The van der Waals surface area contributed by atoms with Crippen LogP contribution in [0.25, 0.3) is 0 Å². The van der Waals surface area contributed by atoms with Crippen molar-refractivity contribution in [3.05, 3.63) is 95.1 Å². The second-order valence-electron chi connectivity index (χ2n) is 11.9. The number of likely N-dealkylation sites (N-methyl/N-ethyl adjacent to an activating group) is 2. The number of ether oxygens (including phenoxy) is 1. The molecule has 3 aromatic carbocycles. The van der Waals surface area contributed by atoms with E-state index in [4.69, 9.17) is 15.1 Å². The Labute approximate surface area is 276 Å². The van der Waals surface area contributed by atoms with Crippen molar-refractivity contribution in [1.82, 2.24) is 16.0 Å². The second kappa shape index (κ2) is 16.2. The second-order valence-corrected chi connectivity index (χ2v) is 11.9. The Morgan fingerprint density at radius 2 is 1.64 bits per heavy atom. The monoisotopic (exact) mass is 639 g/mol. The van der Waals surface area contributed by atoms with Crippen molar-refractivity contribution >= 4 is 29.3 Å². The summed E-state index contributed by atoms with van der Waals surface area (Å²) in [4.78, 5) is 40.0. The van der Waals surface area contributed by atoms with Crippen molar-refractivity contribution in [2.75, 3.05) is 30.5 Å². The summed E-state index contributed by atoms with van der Waals surface area (Å²) in [5, 5.41) is 19.9. The smallest absolute Gasteiger partial charge is 0.407 e. The first kappa shape index (κ1) is 33.6. The number of benzene rings is 3. The van der Waals surface area contributed by atoms with E-state index < -0.39 is 6.09 Å². The van der Waals surface area contributed by atoms with E-state index in [1.54, 1.807) is 14.1 Å². The summed E-state index contributed by atoms with van der Waals surface area (Å²) < 4.78 is 5.65. The summed E-state index contributed by atoms with van der Waals surface area (Å²) >= 11 is 0. The molecular formula is C36H45N7O4. The number of amides is 3. The molecule has 3 atom stereocenters. The molecule has 3 N–H and O–H groups in total. The number of nitrogens with one attached hydrogen (secondary N) is 3. The summed E-state index contributed by atoms with van der Waals surface area (Å²) in [6.45, 7) is 3.05. The number of hydrogen-bond donors (Lipinski definition) is 3. The minimum Gasteiger partial charge on any atom is -0.445 e. The summed E-state index contributed by atoms with van der Waals surface area (Å²) in [5.74, 6) is 0.0476. The van der Waals surface area contributed by atoms with Gasteiger partial charge in [0.05, 0.1) is 18.3 Å². The molecule has 47 heavy (non-hydrogen) atoms. The van der Waals surface area contributed by atoms with E-state index in [1.807, 2.05) is 64.5 Å². The Morgan fingerprint density at radius 3 is 2.40 bits per heavy atom. The van der Waals surface area contributed by atoms with Crippen LogP contribution >= 0.6 is 0 Å².